The Kier molecular flexibility index (Phi) is 6.86. The number of rotatable bonds is 6. The largest absolute Gasteiger partial charge is 0.462 e. The molecule has 0 bridgehead atoms. The molecule has 0 atom stereocenters. The van der Waals surface area contributed by atoms with E-state index in [2.05, 4.69) is 5.32 Å². The summed E-state index contributed by atoms with van der Waals surface area (Å²) in [6, 6.07) is 5.22. The zero-order valence-corrected chi connectivity index (χ0v) is 19.5. The van der Waals surface area contributed by atoms with Crippen LogP contribution in [-0.2, 0) is 28.9 Å². The number of aromatic nitrogens is 2. The van der Waals surface area contributed by atoms with Crippen LogP contribution >= 0.6 is 11.6 Å². The number of halogens is 1. The van der Waals surface area contributed by atoms with E-state index in [0.29, 0.717) is 36.5 Å². The molecule has 0 unspecified atom stereocenters. The van der Waals surface area contributed by atoms with E-state index in [0.717, 1.165) is 55.0 Å². The lowest BCUT2D eigenvalue weighted by molar-refractivity contribution is 0.0152. The first-order chi connectivity index (χ1) is 15.4. The van der Waals surface area contributed by atoms with Gasteiger partial charge < -0.3 is 14.8 Å². The summed E-state index contributed by atoms with van der Waals surface area (Å²) in [6.45, 7) is 6.79. The minimum atomic E-state index is -0.376. The van der Waals surface area contributed by atoms with Gasteiger partial charge in [-0.2, -0.15) is 5.10 Å². The van der Waals surface area contributed by atoms with Crippen LogP contribution in [0.3, 0.4) is 0 Å². The van der Waals surface area contributed by atoms with Gasteiger partial charge in [0.25, 0.3) is 5.91 Å². The molecule has 1 aromatic carbocycles. The fourth-order valence-electron chi connectivity index (χ4n) is 4.64. The molecular formula is C24H30ClN3O4. The van der Waals surface area contributed by atoms with E-state index in [9.17, 15) is 9.59 Å². The molecule has 0 saturated carbocycles. The average Bonchev–Trinajstić information content (AvgIpc) is 3.07. The smallest absolute Gasteiger partial charge is 0.338 e. The van der Waals surface area contributed by atoms with Crippen LogP contribution in [0, 0.1) is 12.3 Å². The van der Waals surface area contributed by atoms with Crippen molar-refractivity contribution >= 4 is 23.5 Å². The van der Waals surface area contributed by atoms with Crippen LogP contribution in [0.1, 0.15) is 63.9 Å². The van der Waals surface area contributed by atoms with Crippen molar-refractivity contribution in [3.8, 4) is 0 Å². The van der Waals surface area contributed by atoms with E-state index in [1.807, 2.05) is 11.6 Å². The lowest BCUT2D eigenvalue weighted by Gasteiger charge is -2.36. The molecule has 0 radical (unpaired) electrons. The molecule has 3 heterocycles. The summed E-state index contributed by atoms with van der Waals surface area (Å²) in [7, 11) is 0. The predicted octanol–water partition coefficient (Wildman–Crippen LogP) is 3.74. The number of benzene rings is 1. The molecule has 172 valence electrons. The van der Waals surface area contributed by atoms with E-state index in [1.54, 1.807) is 25.1 Å². The number of nitrogens with zero attached hydrogens (tertiary/aromatic N) is 2. The molecule has 32 heavy (non-hydrogen) atoms. The van der Waals surface area contributed by atoms with Gasteiger partial charge in [-0.3, -0.25) is 9.48 Å². The van der Waals surface area contributed by atoms with Gasteiger partial charge in [0.15, 0.2) is 0 Å². The molecule has 1 amide bonds. The van der Waals surface area contributed by atoms with Crippen LogP contribution < -0.4 is 5.32 Å². The third-order valence-electron chi connectivity index (χ3n) is 6.65. The SMILES string of the molecule is CCc1nn(CCCOC(=O)c2cccc(Cl)c2C)c2c1C(=O)NCC1(CCOCC1)C2. The van der Waals surface area contributed by atoms with Gasteiger partial charge in [0.1, 0.15) is 0 Å². The van der Waals surface area contributed by atoms with Gasteiger partial charge in [0, 0.05) is 37.7 Å². The number of nitrogens with one attached hydrogen (secondary N) is 1. The molecule has 7 nitrogen and oxygen atoms in total. The lowest BCUT2D eigenvalue weighted by Crippen LogP contribution is -2.40. The summed E-state index contributed by atoms with van der Waals surface area (Å²) in [5, 5.41) is 8.43. The molecule has 2 aliphatic heterocycles. The number of carbonyl (C=O) groups is 2. The Morgan fingerprint density at radius 1 is 1.34 bits per heavy atom. The first-order valence-corrected chi connectivity index (χ1v) is 11.7. The molecule has 2 aromatic rings. The van der Waals surface area contributed by atoms with Crippen LogP contribution in [0.5, 0.6) is 0 Å². The number of hydrogen-bond donors (Lipinski definition) is 1. The van der Waals surface area contributed by atoms with E-state index in [1.165, 1.54) is 0 Å². The van der Waals surface area contributed by atoms with Crippen molar-refractivity contribution in [3.05, 3.63) is 51.3 Å². The third-order valence-corrected chi connectivity index (χ3v) is 7.06. The highest BCUT2D eigenvalue weighted by molar-refractivity contribution is 6.31. The standard InChI is InChI=1S/C24H30ClN3O4/c1-3-19-21-20(14-24(15-26-22(21)29)8-12-31-13-9-24)28(27-19)10-5-11-32-23(30)17-6-4-7-18(25)16(17)2/h4,6-7H,3,5,8-15H2,1-2H3,(H,26,29). The Hall–Kier alpha value is -2.38. The predicted molar refractivity (Wildman–Crippen MR) is 121 cm³/mol. The fraction of sp³-hybridized carbons (Fsp3) is 0.542. The number of fused-ring (bicyclic) bond motifs is 1. The molecule has 1 fully saturated rings. The van der Waals surface area contributed by atoms with E-state index in [-0.39, 0.29) is 23.9 Å². The van der Waals surface area contributed by atoms with E-state index < -0.39 is 0 Å². The summed E-state index contributed by atoms with van der Waals surface area (Å²) in [5.74, 6) is -0.409. The molecular weight excluding hydrogens is 430 g/mol. The molecule has 1 aromatic heterocycles. The number of aryl methyl sites for hydroxylation is 2. The summed E-state index contributed by atoms with van der Waals surface area (Å²) in [6.07, 6.45) is 3.97. The van der Waals surface area contributed by atoms with Gasteiger partial charge in [-0.15, -0.1) is 0 Å². The molecule has 1 saturated heterocycles. The minimum Gasteiger partial charge on any atom is -0.462 e. The highest BCUT2D eigenvalue weighted by Crippen LogP contribution is 2.37. The zero-order chi connectivity index (χ0) is 22.7. The lowest BCUT2D eigenvalue weighted by atomic mass is 9.76. The second kappa shape index (κ2) is 9.63. The van der Waals surface area contributed by atoms with E-state index in [4.69, 9.17) is 26.2 Å². The summed E-state index contributed by atoms with van der Waals surface area (Å²) < 4.78 is 13.0. The topological polar surface area (TPSA) is 82.5 Å². The Morgan fingerprint density at radius 2 is 2.12 bits per heavy atom. The van der Waals surface area contributed by atoms with E-state index >= 15 is 0 Å². The van der Waals surface area contributed by atoms with Crippen molar-refractivity contribution in [2.24, 2.45) is 5.41 Å². The minimum absolute atomic E-state index is 0.0124. The Bertz CT molecular complexity index is 1010. The molecule has 4 rings (SSSR count). The number of amides is 1. The maximum Gasteiger partial charge on any atom is 0.338 e. The monoisotopic (exact) mass is 459 g/mol. The second-order valence-corrected chi connectivity index (χ2v) is 9.13. The quantitative estimate of drug-likeness (QED) is 0.525. The van der Waals surface area contributed by atoms with Crippen LogP contribution in [-0.4, -0.2) is 48.0 Å². The van der Waals surface area contributed by atoms with Crippen LogP contribution in [0.15, 0.2) is 18.2 Å². The first kappa shape index (κ1) is 22.8. The maximum atomic E-state index is 12.9. The van der Waals surface area contributed by atoms with Crippen molar-refractivity contribution in [1.82, 2.24) is 15.1 Å². The van der Waals surface area contributed by atoms with Crippen LogP contribution in [0.25, 0.3) is 0 Å². The summed E-state index contributed by atoms with van der Waals surface area (Å²) in [4.78, 5) is 25.3. The Balaban J connectivity index is 1.46. The normalized spacial score (nSPS) is 17.5. The molecule has 1 N–H and O–H groups in total. The van der Waals surface area contributed by atoms with Gasteiger partial charge >= 0.3 is 5.97 Å². The van der Waals surface area contributed by atoms with Gasteiger partial charge in [-0.05, 0) is 55.7 Å². The fourth-order valence-corrected chi connectivity index (χ4v) is 4.82. The van der Waals surface area contributed by atoms with Gasteiger partial charge in [-0.1, -0.05) is 24.6 Å². The molecule has 0 aliphatic carbocycles. The van der Waals surface area contributed by atoms with Crippen LogP contribution in [0.4, 0.5) is 0 Å². The number of hydrogen-bond acceptors (Lipinski definition) is 5. The maximum absolute atomic E-state index is 12.9. The molecule has 2 aliphatic rings. The molecule has 1 spiro atoms. The summed E-state index contributed by atoms with van der Waals surface area (Å²) in [5.41, 5.74) is 3.76. The van der Waals surface area contributed by atoms with Crippen molar-refractivity contribution in [2.75, 3.05) is 26.4 Å². The second-order valence-electron chi connectivity index (χ2n) is 8.72. The van der Waals surface area contributed by atoms with Gasteiger partial charge in [0.05, 0.1) is 29.1 Å². The van der Waals surface area contributed by atoms with Gasteiger partial charge in [-0.25, -0.2) is 4.79 Å². The number of esters is 1. The highest BCUT2D eigenvalue weighted by atomic mass is 35.5. The number of carbonyl (C=O) groups excluding carboxylic acids is 2. The third kappa shape index (κ3) is 4.55. The number of ether oxygens (including phenoxy) is 2. The Morgan fingerprint density at radius 3 is 2.88 bits per heavy atom. The zero-order valence-electron chi connectivity index (χ0n) is 18.7. The highest BCUT2D eigenvalue weighted by Gasteiger charge is 2.39. The molecule has 8 heteroatoms. The van der Waals surface area contributed by atoms with Gasteiger partial charge in [0.2, 0.25) is 0 Å². The van der Waals surface area contributed by atoms with Crippen LogP contribution in [0.2, 0.25) is 5.02 Å². The Labute approximate surface area is 193 Å². The van der Waals surface area contributed by atoms with Crippen molar-refractivity contribution in [3.63, 3.8) is 0 Å². The summed E-state index contributed by atoms with van der Waals surface area (Å²) >= 11 is 6.11. The van der Waals surface area contributed by atoms with Crippen molar-refractivity contribution in [2.45, 2.75) is 52.5 Å². The average molecular weight is 460 g/mol. The van der Waals surface area contributed by atoms with Crippen molar-refractivity contribution < 1.29 is 19.1 Å². The van der Waals surface area contributed by atoms with Crippen molar-refractivity contribution in [1.29, 1.82) is 0 Å². The first-order valence-electron chi connectivity index (χ1n) is 11.3.